The van der Waals surface area contributed by atoms with Crippen molar-refractivity contribution in [1.82, 2.24) is 44.8 Å². The van der Waals surface area contributed by atoms with E-state index in [1.165, 1.54) is 6.07 Å². The molecule has 0 saturated heterocycles. The molecule has 0 atom stereocenters. The number of carboxylic acid groups (broad SMARTS) is 1. The van der Waals surface area contributed by atoms with E-state index in [-0.39, 0.29) is 11.6 Å². The van der Waals surface area contributed by atoms with Gasteiger partial charge in [0.25, 0.3) is 5.91 Å². The van der Waals surface area contributed by atoms with Gasteiger partial charge in [0.2, 0.25) is 0 Å². The van der Waals surface area contributed by atoms with E-state index in [9.17, 15) is 9.59 Å². The quantitative estimate of drug-likeness (QED) is 0.111. The number of anilines is 2. The van der Waals surface area contributed by atoms with E-state index in [1.807, 2.05) is 48.5 Å². The van der Waals surface area contributed by atoms with E-state index in [2.05, 4.69) is 35.5 Å². The third kappa shape index (κ3) is 9.38. The van der Waals surface area contributed by atoms with Gasteiger partial charge in [-0.05, 0) is 59.7 Å². The number of rotatable bonds is 9. The number of amides is 1. The molecule has 0 spiro atoms. The molecule has 17 nitrogen and oxygen atoms in total. The first-order valence-electron chi connectivity index (χ1n) is 17.6. The number of pyridine rings is 4. The van der Waals surface area contributed by atoms with Crippen LogP contribution >= 0.6 is 0 Å². The summed E-state index contributed by atoms with van der Waals surface area (Å²) in [6.07, 6.45) is 10.2. The fraction of sp³-hybridized carbons (Fsp3) is 0.100. The lowest BCUT2D eigenvalue weighted by atomic mass is 10.1. The lowest BCUT2D eigenvalue weighted by molar-refractivity contribution is 0.0690. The van der Waals surface area contributed by atoms with E-state index in [0.29, 0.717) is 54.9 Å². The molecule has 0 radical (unpaired) electrons. The predicted molar refractivity (Wildman–Crippen MR) is 219 cm³/mol. The summed E-state index contributed by atoms with van der Waals surface area (Å²) in [4.78, 5) is 40.2. The number of hydrogen-bond acceptors (Lipinski definition) is 13. The smallest absolute Gasteiger partial charge is 0.354 e. The zero-order valence-corrected chi connectivity index (χ0v) is 30.6. The summed E-state index contributed by atoms with van der Waals surface area (Å²) in [7, 11) is 0. The maximum Gasteiger partial charge on any atom is 0.354 e. The van der Waals surface area contributed by atoms with Crippen LogP contribution in [0.25, 0.3) is 55.7 Å². The van der Waals surface area contributed by atoms with Crippen LogP contribution in [-0.2, 0) is 0 Å². The van der Waals surface area contributed by atoms with E-state index in [0.717, 1.165) is 44.1 Å². The summed E-state index contributed by atoms with van der Waals surface area (Å²) in [5.74, 6) is -0.351. The van der Waals surface area contributed by atoms with E-state index in [4.69, 9.17) is 33.8 Å². The number of aromatic nitrogens is 8. The molecule has 0 bridgehead atoms. The minimum absolute atomic E-state index is 0.0302. The van der Waals surface area contributed by atoms with Crippen LogP contribution in [0.15, 0.2) is 122 Å². The van der Waals surface area contributed by atoms with Gasteiger partial charge in [0.15, 0.2) is 17.3 Å². The number of nitrogens with two attached hydrogens (primary N) is 5. The maximum atomic E-state index is 12.2. The Hall–Kier alpha value is -7.60. The largest absolute Gasteiger partial charge is 0.477 e. The topological polar surface area (TPSA) is 284 Å². The van der Waals surface area contributed by atoms with Crippen LogP contribution in [-0.4, -0.2) is 82.7 Å². The highest BCUT2D eigenvalue weighted by molar-refractivity contribution is 5.93. The number of nitrogens with zero attached hydrogens (tertiary/aromatic N) is 8. The molecule has 57 heavy (non-hydrogen) atoms. The molecule has 6 heterocycles. The molecule has 0 saturated carbocycles. The van der Waals surface area contributed by atoms with Gasteiger partial charge in [-0.15, -0.1) is 0 Å². The van der Waals surface area contributed by atoms with Crippen molar-refractivity contribution in [2.24, 2.45) is 17.2 Å². The molecule has 17 heteroatoms. The van der Waals surface area contributed by atoms with Crippen LogP contribution in [0.3, 0.4) is 0 Å². The normalized spacial score (nSPS) is 10.6. The Morgan fingerprint density at radius 1 is 0.579 bits per heavy atom. The summed E-state index contributed by atoms with van der Waals surface area (Å²) in [5, 5.41) is 22.5. The summed E-state index contributed by atoms with van der Waals surface area (Å²) >= 11 is 0. The van der Waals surface area contributed by atoms with Crippen molar-refractivity contribution in [2.45, 2.75) is 0 Å². The Bertz CT molecular complexity index is 2660. The Balaban J connectivity index is 0.000000177. The van der Waals surface area contributed by atoms with Crippen molar-refractivity contribution in [3.8, 4) is 33.9 Å². The fourth-order valence-electron chi connectivity index (χ4n) is 5.60. The third-order valence-corrected chi connectivity index (χ3v) is 8.28. The van der Waals surface area contributed by atoms with Crippen molar-refractivity contribution in [3.63, 3.8) is 0 Å². The highest BCUT2D eigenvalue weighted by atomic mass is 16.4. The molecule has 0 fully saturated rings. The summed E-state index contributed by atoms with van der Waals surface area (Å²) in [5.41, 5.74) is 33.8. The first-order chi connectivity index (χ1) is 27.7. The highest BCUT2D eigenvalue weighted by Gasteiger charge is 2.13. The number of nitrogens with one attached hydrogen (secondary N) is 1. The molecule has 6 aromatic heterocycles. The molecule has 8 rings (SSSR count). The van der Waals surface area contributed by atoms with Crippen molar-refractivity contribution < 1.29 is 14.7 Å². The molecule has 12 N–H and O–H groups in total. The van der Waals surface area contributed by atoms with Crippen molar-refractivity contribution in [3.05, 3.63) is 133 Å². The molecule has 0 aliphatic carbocycles. The standard InChI is InChI=1S/C20H19N7O.C18H13N5O2.C2H8N2/c21-6-7-24-20(28)17-2-1-3-19(26-17)27-18-9-13(4-5-14(18)11-25-27)15-8-16(22)12-23-10-15;19-14-6-13(8-20-10-14)11-4-5-12-9-21-23(16(12)7-11)17-3-1-2-15(22-17)18(24)25;3-1-2-4/h1-5,8-12H,6-7,21-22H2,(H,24,28);1-10H,19H2,(H,24,25);1-4H2. The van der Waals surface area contributed by atoms with Crippen LogP contribution in [0.1, 0.15) is 21.0 Å². The fourth-order valence-corrected chi connectivity index (χ4v) is 5.60. The number of benzene rings is 2. The molecule has 288 valence electrons. The Morgan fingerprint density at radius 2 is 1.07 bits per heavy atom. The predicted octanol–water partition coefficient (Wildman–Crippen LogP) is 3.42. The average Bonchev–Trinajstić information content (AvgIpc) is 3.87. The average molecular weight is 765 g/mol. The van der Waals surface area contributed by atoms with Crippen molar-refractivity contribution >= 4 is 45.1 Å². The molecule has 0 aliphatic heterocycles. The van der Waals surface area contributed by atoms with Crippen LogP contribution in [0.5, 0.6) is 0 Å². The lowest BCUT2D eigenvalue weighted by Crippen LogP contribution is -2.29. The highest BCUT2D eigenvalue weighted by Crippen LogP contribution is 2.28. The number of carboxylic acids is 1. The van der Waals surface area contributed by atoms with E-state index >= 15 is 0 Å². The summed E-state index contributed by atoms with van der Waals surface area (Å²) in [6.45, 7) is 1.96. The number of carbonyl (C=O) groups excluding carboxylic acids is 1. The molecular formula is C40H40N14O3. The zero-order valence-electron chi connectivity index (χ0n) is 30.6. The minimum atomic E-state index is -1.08. The minimum Gasteiger partial charge on any atom is -0.477 e. The second-order valence-electron chi connectivity index (χ2n) is 12.4. The van der Waals surface area contributed by atoms with Crippen LogP contribution in [0.4, 0.5) is 11.4 Å². The number of nitrogen functional groups attached to an aromatic ring is 2. The Kier molecular flexibility index (Phi) is 12.5. The molecule has 1 amide bonds. The van der Waals surface area contributed by atoms with Gasteiger partial charge in [-0.2, -0.15) is 10.2 Å². The SMILES string of the molecule is NCCN.NCCNC(=O)c1cccc(-n2ncc3ccc(-c4cncc(N)c4)cc32)n1.Nc1cncc(-c2ccc3cnn(-c4cccc(C(=O)O)n4)c3c2)c1. The van der Waals surface area contributed by atoms with E-state index in [1.54, 1.807) is 76.9 Å². The molecule has 8 aromatic rings. The van der Waals surface area contributed by atoms with Gasteiger partial charge in [0, 0.05) is 72.9 Å². The second-order valence-corrected chi connectivity index (χ2v) is 12.4. The number of aromatic carboxylic acids is 1. The van der Waals surface area contributed by atoms with Crippen molar-refractivity contribution in [1.29, 1.82) is 0 Å². The Morgan fingerprint density at radius 3 is 1.53 bits per heavy atom. The van der Waals surface area contributed by atoms with Gasteiger partial charge in [0.1, 0.15) is 5.69 Å². The monoisotopic (exact) mass is 764 g/mol. The van der Waals surface area contributed by atoms with Crippen LogP contribution in [0.2, 0.25) is 0 Å². The zero-order chi connectivity index (χ0) is 40.3. The first kappa shape index (κ1) is 39.1. The van der Waals surface area contributed by atoms with Gasteiger partial charge in [-0.25, -0.2) is 24.1 Å². The van der Waals surface area contributed by atoms with Gasteiger partial charge in [-0.3, -0.25) is 14.8 Å². The number of fused-ring (bicyclic) bond motifs is 2. The van der Waals surface area contributed by atoms with Crippen LogP contribution in [0, 0.1) is 0 Å². The molecular weight excluding hydrogens is 725 g/mol. The summed E-state index contributed by atoms with van der Waals surface area (Å²) in [6, 6.07) is 25.6. The molecule has 0 unspecified atom stereocenters. The van der Waals surface area contributed by atoms with Gasteiger partial charge in [0.05, 0.1) is 34.8 Å². The number of hydrogen-bond donors (Lipinski definition) is 7. The Labute approximate surface area is 326 Å². The summed E-state index contributed by atoms with van der Waals surface area (Å²) < 4.78 is 3.32. The first-order valence-corrected chi connectivity index (χ1v) is 17.6. The molecule has 0 aliphatic rings. The second kappa shape index (κ2) is 18.2. The third-order valence-electron chi connectivity index (χ3n) is 8.28. The molecule has 2 aromatic carbocycles. The van der Waals surface area contributed by atoms with Gasteiger partial charge >= 0.3 is 5.97 Å². The van der Waals surface area contributed by atoms with E-state index < -0.39 is 5.97 Å². The van der Waals surface area contributed by atoms with Crippen molar-refractivity contribution in [2.75, 3.05) is 37.6 Å². The number of carbonyl (C=O) groups is 2. The van der Waals surface area contributed by atoms with Gasteiger partial charge < -0.3 is 39.1 Å². The van der Waals surface area contributed by atoms with Crippen LogP contribution < -0.4 is 34.0 Å². The maximum absolute atomic E-state index is 12.2. The lowest BCUT2D eigenvalue weighted by Gasteiger charge is -2.08. The van der Waals surface area contributed by atoms with Gasteiger partial charge in [-0.1, -0.05) is 36.4 Å².